The van der Waals surface area contributed by atoms with Gasteiger partial charge in [0.15, 0.2) is 0 Å². The Labute approximate surface area is 197 Å². The van der Waals surface area contributed by atoms with Gasteiger partial charge in [0, 0.05) is 5.69 Å². The van der Waals surface area contributed by atoms with Crippen LogP contribution < -0.4 is 14.4 Å². The standard InChI is InChI=1S/C24H21ClN2O5S/c1-24(2)15-33(30,31)27(23(24)29)17-10-13-21(25)20(14-17)22(28)26-16-8-11-19(12-9-16)32-18-6-4-3-5-7-18/h3-14H,15H2,1-2H3,(H,26,28). The lowest BCUT2D eigenvalue weighted by Gasteiger charge is -2.18. The first-order valence-electron chi connectivity index (χ1n) is 10.1. The van der Waals surface area contributed by atoms with Crippen LogP contribution in [0.15, 0.2) is 72.8 Å². The Kier molecular flexibility index (Phi) is 5.90. The summed E-state index contributed by atoms with van der Waals surface area (Å²) in [4.78, 5) is 25.5. The third kappa shape index (κ3) is 4.72. The van der Waals surface area contributed by atoms with Crippen molar-refractivity contribution in [3.63, 3.8) is 0 Å². The van der Waals surface area contributed by atoms with E-state index in [9.17, 15) is 18.0 Å². The predicted octanol–water partition coefficient (Wildman–Crippen LogP) is 5.09. The molecule has 1 fully saturated rings. The van der Waals surface area contributed by atoms with Gasteiger partial charge in [-0.2, -0.15) is 0 Å². The highest BCUT2D eigenvalue weighted by Gasteiger charge is 2.50. The highest BCUT2D eigenvalue weighted by molar-refractivity contribution is 7.94. The molecule has 170 valence electrons. The monoisotopic (exact) mass is 484 g/mol. The van der Waals surface area contributed by atoms with Gasteiger partial charge in [0.05, 0.1) is 27.4 Å². The zero-order valence-electron chi connectivity index (χ0n) is 17.9. The molecule has 3 aromatic rings. The van der Waals surface area contributed by atoms with Crippen LogP contribution in [0, 0.1) is 5.41 Å². The molecule has 2 amide bonds. The fourth-order valence-electron chi connectivity index (χ4n) is 3.50. The lowest BCUT2D eigenvalue weighted by Crippen LogP contribution is -2.33. The molecule has 1 aliphatic rings. The molecule has 1 N–H and O–H groups in total. The van der Waals surface area contributed by atoms with Crippen molar-refractivity contribution in [1.82, 2.24) is 0 Å². The van der Waals surface area contributed by atoms with Crippen LogP contribution in [-0.4, -0.2) is 26.0 Å². The zero-order valence-corrected chi connectivity index (χ0v) is 19.5. The first-order valence-corrected chi connectivity index (χ1v) is 12.1. The number of ether oxygens (including phenoxy) is 1. The fourth-order valence-corrected chi connectivity index (χ4v) is 5.81. The summed E-state index contributed by atoms with van der Waals surface area (Å²) in [6.07, 6.45) is 0. The van der Waals surface area contributed by atoms with Crippen molar-refractivity contribution < 1.29 is 22.7 Å². The molecular weight excluding hydrogens is 464 g/mol. The minimum atomic E-state index is -3.85. The maximum absolute atomic E-state index is 12.9. The Morgan fingerprint density at radius 2 is 1.64 bits per heavy atom. The fraction of sp³-hybridized carbons (Fsp3) is 0.167. The van der Waals surface area contributed by atoms with Gasteiger partial charge in [-0.25, -0.2) is 12.7 Å². The molecule has 1 saturated heterocycles. The van der Waals surface area contributed by atoms with Gasteiger partial charge in [-0.1, -0.05) is 29.8 Å². The summed E-state index contributed by atoms with van der Waals surface area (Å²) in [5.41, 5.74) is -0.434. The smallest absolute Gasteiger partial charge is 0.257 e. The molecule has 0 aromatic heterocycles. The summed E-state index contributed by atoms with van der Waals surface area (Å²) in [5, 5.41) is 2.85. The molecule has 0 aliphatic carbocycles. The number of halogens is 1. The van der Waals surface area contributed by atoms with Crippen LogP contribution in [0.25, 0.3) is 0 Å². The molecule has 0 saturated carbocycles. The van der Waals surface area contributed by atoms with Crippen LogP contribution in [0.3, 0.4) is 0 Å². The van der Waals surface area contributed by atoms with E-state index in [1.54, 1.807) is 38.1 Å². The van der Waals surface area contributed by atoms with Crippen molar-refractivity contribution in [3.05, 3.63) is 83.4 Å². The quantitative estimate of drug-likeness (QED) is 0.544. The molecule has 0 spiro atoms. The molecule has 1 heterocycles. The van der Waals surface area contributed by atoms with Crippen LogP contribution in [0.2, 0.25) is 5.02 Å². The average molecular weight is 485 g/mol. The molecule has 3 aromatic carbocycles. The largest absolute Gasteiger partial charge is 0.457 e. The molecule has 7 nitrogen and oxygen atoms in total. The number of carbonyl (C=O) groups excluding carboxylic acids is 2. The predicted molar refractivity (Wildman–Crippen MR) is 127 cm³/mol. The molecule has 1 aliphatic heterocycles. The van der Waals surface area contributed by atoms with Crippen LogP contribution in [-0.2, 0) is 14.8 Å². The van der Waals surface area contributed by atoms with E-state index in [0.717, 1.165) is 4.31 Å². The Balaban J connectivity index is 1.54. The van der Waals surface area contributed by atoms with Gasteiger partial charge in [-0.05, 0) is 68.4 Å². The van der Waals surface area contributed by atoms with Gasteiger partial charge in [0.1, 0.15) is 11.5 Å². The highest BCUT2D eigenvalue weighted by Crippen LogP contribution is 2.37. The summed E-state index contributed by atoms with van der Waals surface area (Å²) in [6.45, 7) is 3.14. The number of para-hydroxylation sites is 1. The van der Waals surface area contributed by atoms with Crippen molar-refractivity contribution in [2.24, 2.45) is 5.41 Å². The second-order valence-electron chi connectivity index (χ2n) is 8.27. The van der Waals surface area contributed by atoms with E-state index in [1.807, 2.05) is 30.3 Å². The van der Waals surface area contributed by atoms with E-state index in [4.69, 9.17) is 16.3 Å². The maximum Gasteiger partial charge on any atom is 0.257 e. The van der Waals surface area contributed by atoms with Gasteiger partial charge in [0.2, 0.25) is 15.9 Å². The molecule has 0 bridgehead atoms. The number of anilines is 2. The van der Waals surface area contributed by atoms with E-state index in [1.165, 1.54) is 18.2 Å². The Bertz CT molecular complexity index is 1320. The van der Waals surface area contributed by atoms with Gasteiger partial charge >= 0.3 is 0 Å². The van der Waals surface area contributed by atoms with Crippen LogP contribution in [0.5, 0.6) is 11.5 Å². The normalized spacial score (nSPS) is 16.5. The number of rotatable bonds is 5. The average Bonchev–Trinajstić information content (AvgIpc) is 2.93. The number of nitrogens with one attached hydrogen (secondary N) is 1. The second kappa shape index (κ2) is 8.53. The summed E-state index contributed by atoms with van der Waals surface area (Å²) >= 11 is 6.21. The van der Waals surface area contributed by atoms with Crippen molar-refractivity contribution in [3.8, 4) is 11.5 Å². The van der Waals surface area contributed by atoms with E-state index in [2.05, 4.69) is 5.32 Å². The van der Waals surface area contributed by atoms with E-state index < -0.39 is 27.3 Å². The molecule has 9 heteroatoms. The number of hydrogen-bond donors (Lipinski definition) is 1. The third-order valence-electron chi connectivity index (χ3n) is 5.10. The van der Waals surface area contributed by atoms with Crippen LogP contribution in [0.4, 0.5) is 11.4 Å². The number of carbonyl (C=O) groups is 2. The minimum Gasteiger partial charge on any atom is -0.457 e. The first kappa shape index (κ1) is 22.8. The summed E-state index contributed by atoms with van der Waals surface area (Å²) in [7, 11) is -3.85. The van der Waals surface area contributed by atoms with Crippen molar-refractivity contribution >= 4 is 44.8 Å². The molecule has 0 unspecified atom stereocenters. The maximum atomic E-state index is 12.9. The van der Waals surface area contributed by atoms with Crippen LogP contribution in [0.1, 0.15) is 24.2 Å². The number of amides is 2. The SMILES string of the molecule is CC1(C)CS(=O)(=O)N(c2ccc(Cl)c(C(=O)Nc3ccc(Oc4ccccc4)cc3)c2)C1=O. The number of benzene rings is 3. The molecule has 33 heavy (non-hydrogen) atoms. The summed E-state index contributed by atoms with van der Waals surface area (Å²) < 4.78 is 31.6. The summed E-state index contributed by atoms with van der Waals surface area (Å²) in [6, 6.07) is 20.2. The summed E-state index contributed by atoms with van der Waals surface area (Å²) in [5.74, 6) is -0.112. The lowest BCUT2D eigenvalue weighted by atomic mass is 9.95. The van der Waals surface area contributed by atoms with Crippen molar-refractivity contribution in [2.75, 3.05) is 15.4 Å². The highest BCUT2D eigenvalue weighted by atomic mass is 35.5. The number of hydrogen-bond acceptors (Lipinski definition) is 5. The van der Waals surface area contributed by atoms with Gasteiger partial charge in [-0.15, -0.1) is 0 Å². The van der Waals surface area contributed by atoms with Gasteiger partial charge in [0.25, 0.3) is 5.91 Å². The lowest BCUT2D eigenvalue weighted by molar-refractivity contribution is -0.123. The van der Waals surface area contributed by atoms with Crippen LogP contribution >= 0.6 is 11.6 Å². The molecule has 0 atom stereocenters. The van der Waals surface area contributed by atoms with E-state index in [0.29, 0.717) is 17.2 Å². The third-order valence-corrected chi connectivity index (χ3v) is 7.45. The van der Waals surface area contributed by atoms with Crippen molar-refractivity contribution in [2.45, 2.75) is 13.8 Å². The molecule has 0 radical (unpaired) electrons. The van der Waals surface area contributed by atoms with Gasteiger partial charge < -0.3 is 10.1 Å². The number of sulfonamides is 1. The molecular formula is C24H21ClN2O5S. The Morgan fingerprint density at radius 1 is 1.00 bits per heavy atom. The van der Waals surface area contributed by atoms with E-state index >= 15 is 0 Å². The van der Waals surface area contributed by atoms with E-state index in [-0.39, 0.29) is 22.0 Å². The second-order valence-corrected chi connectivity index (χ2v) is 10.5. The molecule has 4 rings (SSSR count). The zero-order chi connectivity index (χ0) is 23.8. The number of nitrogens with zero attached hydrogens (tertiary/aromatic N) is 1. The first-order chi connectivity index (χ1) is 15.6. The topological polar surface area (TPSA) is 92.8 Å². The van der Waals surface area contributed by atoms with Crippen molar-refractivity contribution in [1.29, 1.82) is 0 Å². The minimum absolute atomic E-state index is 0.0477. The Morgan fingerprint density at radius 3 is 2.24 bits per heavy atom. The Hall–Kier alpha value is -3.36. The van der Waals surface area contributed by atoms with Gasteiger partial charge in [-0.3, -0.25) is 9.59 Å².